The largest absolute Gasteiger partial charge is 0.496 e. The maximum atomic E-state index is 10.4. The third-order valence-electron chi connectivity index (χ3n) is 2.37. The van der Waals surface area contributed by atoms with E-state index in [1.54, 1.807) is 19.2 Å². The van der Waals surface area contributed by atoms with Gasteiger partial charge in [0.15, 0.2) is 0 Å². The van der Waals surface area contributed by atoms with Gasteiger partial charge in [-0.15, -0.1) is 0 Å². The highest BCUT2D eigenvalue weighted by Gasteiger charge is 2.08. The van der Waals surface area contributed by atoms with E-state index in [-0.39, 0.29) is 0 Å². The number of benzene rings is 1. The van der Waals surface area contributed by atoms with Crippen LogP contribution in [0.2, 0.25) is 0 Å². The van der Waals surface area contributed by atoms with Crippen molar-refractivity contribution in [2.24, 2.45) is 10.8 Å². The SMILES string of the molecule is COc1ccccc1-c1ccc(C=NNC(N)=O)o1. The predicted octanol–water partition coefficient (Wildman–Crippen LogP) is 1.96. The molecular weight excluding hydrogens is 246 g/mol. The van der Waals surface area contributed by atoms with Crippen molar-refractivity contribution in [1.82, 2.24) is 5.43 Å². The highest BCUT2D eigenvalue weighted by atomic mass is 16.5. The van der Waals surface area contributed by atoms with E-state index in [0.717, 1.165) is 11.3 Å². The third-order valence-corrected chi connectivity index (χ3v) is 2.37. The molecule has 1 aromatic heterocycles. The van der Waals surface area contributed by atoms with Crippen molar-refractivity contribution in [3.63, 3.8) is 0 Å². The minimum absolute atomic E-state index is 0.495. The molecule has 0 saturated carbocycles. The molecule has 2 amide bonds. The quantitative estimate of drug-likeness (QED) is 0.649. The Hall–Kier alpha value is -2.76. The maximum absolute atomic E-state index is 10.4. The Morgan fingerprint density at radius 2 is 2.16 bits per heavy atom. The lowest BCUT2D eigenvalue weighted by atomic mass is 10.1. The zero-order chi connectivity index (χ0) is 13.7. The second kappa shape index (κ2) is 5.72. The summed E-state index contributed by atoms with van der Waals surface area (Å²) in [5, 5.41) is 3.62. The fraction of sp³-hybridized carbons (Fsp3) is 0.0769. The number of nitrogens with two attached hydrogens (primary N) is 1. The van der Waals surface area contributed by atoms with E-state index in [2.05, 4.69) is 10.5 Å². The lowest BCUT2D eigenvalue weighted by Crippen LogP contribution is -2.24. The minimum atomic E-state index is -0.729. The molecule has 0 atom stereocenters. The van der Waals surface area contributed by atoms with E-state index >= 15 is 0 Å². The fourth-order valence-electron chi connectivity index (χ4n) is 1.57. The summed E-state index contributed by atoms with van der Waals surface area (Å²) in [6.07, 6.45) is 1.36. The molecule has 3 N–H and O–H groups in total. The number of furan rings is 1. The summed E-state index contributed by atoms with van der Waals surface area (Å²) >= 11 is 0. The van der Waals surface area contributed by atoms with Gasteiger partial charge in [0.1, 0.15) is 17.3 Å². The van der Waals surface area contributed by atoms with Gasteiger partial charge in [0.25, 0.3) is 0 Å². The number of carbonyl (C=O) groups excluding carboxylic acids is 1. The molecule has 6 nitrogen and oxygen atoms in total. The van der Waals surface area contributed by atoms with Crippen LogP contribution >= 0.6 is 0 Å². The zero-order valence-electron chi connectivity index (χ0n) is 10.3. The van der Waals surface area contributed by atoms with Crippen molar-refractivity contribution in [2.45, 2.75) is 0 Å². The number of hydrogen-bond acceptors (Lipinski definition) is 4. The fourth-order valence-corrected chi connectivity index (χ4v) is 1.57. The molecule has 0 radical (unpaired) electrons. The summed E-state index contributed by atoms with van der Waals surface area (Å²) < 4.78 is 10.8. The van der Waals surface area contributed by atoms with E-state index < -0.39 is 6.03 Å². The second-order valence-electron chi connectivity index (χ2n) is 3.64. The molecule has 0 aliphatic heterocycles. The number of urea groups is 1. The van der Waals surface area contributed by atoms with E-state index in [1.807, 2.05) is 24.3 Å². The Morgan fingerprint density at radius 3 is 2.89 bits per heavy atom. The molecule has 0 unspecified atom stereocenters. The summed E-state index contributed by atoms with van der Waals surface area (Å²) in [7, 11) is 1.60. The molecule has 1 aromatic carbocycles. The average Bonchev–Trinajstić information content (AvgIpc) is 2.87. The summed E-state index contributed by atoms with van der Waals surface area (Å²) in [6.45, 7) is 0. The number of nitrogens with zero attached hydrogens (tertiary/aromatic N) is 1. The molecule has 98 valence electrons. The first-order chi connectivity index (χ1) is 9.20. The van der Waals surface area contributed by atoms with Crippen molar-refractivity contribution < 1.29 is 13.9 Å². The first-order valence-corrected chi connectivity index (χ1v) is 5.52. The van der Waals surface area contributed by atoms with Gasteiger partial charge < -0.3 is 14.9 Å². The number of methoxy groups -OCH3 is 1. The monoisotopic (exact) mass is 259 g/mol. The number of primary amides is 1. The van der Waals surface area contributed by atoms with Crippen LogP contribution in [0.4, 0.5) is 4.79 Å². The van der Waals surface area contributed by atoms with Crippen LogP contribution in [0.15, 0.2) is 45.9 Å². The number of para-hydroxylation sites is 1. The number of nitrogens with one attached hydrogen (secondary N) is 1. The molecule has 2 aromatic rings. The van der Waals surface area contributed by atoms with Gasteiger partial charge in [-0.3, -0.25) is 0 Å². The van der Waals surface area contributed by atoms with Crippen LogP contribution < -0.4 is 15.9 Å². The lowest BCUT2D eigenvalue weighted by molar-refractivity contribution is 0.249. The Labute approximate surface area is 109 Å². The van der Waals surface area contributed by atoms with Gasteiger partial charge in [-0.1, -0.05) is 12.1 Å². The Bertz CT molecular complexity index is 605. The molecule has 0 bridgehead atoms. The Balaban J connectivity index is 2.21. The van der Waals surface area contributed by atoms with Crippen molar-refractivity contribution in [3.8, 4) is 17.1 Å². The summed E-state index contributed by atoms with van der Waals surface area (Å²) in [5.74, 6) is 1.86. The minimum Gasteiger partial charge on any atom is -0.496 e. The first-order valence-electron chi connectivity index (χ1n) is 5.52. The number of carbonyl (C=O) groups is 1. The van der Waals surface area contributed by atoms with Crippen molar-refractivity contribution in [2.75, 3.05) is 7.11 Å². The molecule has 0 aliphatic carbocycles. The van der Waals surface area contributed by atoms with E-state index in [9.17, 15) is 4.79 Å². The molecule has 1 heterocycles. The number of amides is 2. The summed E-state index contributed by atoms with van der Waals surface area (Å²) in [4.78, 5) is 10.4. The molecule has 0 fully saturated rings. The molecular formula is C13H13N3O3. The third kappa shape index (κ3) is 3.12. The van der Waals surface area contributed by atoms with Crippen molar-refractivity contribution in [3.05, 3.63) is 42.2 Å². The van der Waals surface area contributed by atoms with E-state index in [4.69, 9.17) is 14.9 Å². The van der Waals surface area contributed by atoms with Crippen LogP contribution in [0.5, 0.6) is 5.75 Å². The second-order valence-corrected chi connectivity index (χ2v) is 3.64. The molecule has 0 spiro atoms. The van der Waals surface area contributed by atoms with Crippen molar-refractivity contribution >= 4 is 12.2 Å². The van der Waals surface area contributed by atoms with Crippen LogP contribution in [0.1, 0.15) is 5.76 Å². The number of hydrazone groups is 1. The number of ether oxygens (including phenoxy) is 1. The summed E-state index contributed by atoms with van der Waals surface area (Å²) in [5.41, 5.74) is 7.81. The number of hydrogen-bond donors (Lipinski definition) is 2. The highest BCUT2D eigenvalue weighted by Crippen LogP contribution is 2.30. The first kappa shape index (κ1) is 12.7. The summed E-state index contributed by atoms with van der Waals surface area (Å²) in [6, 6.07) is 10.3. The highest BCUT2D eigenvalue weighted by molar-refractivity contribution is 5.80. The average molecular weight is 259 g/mol. The predicted molar refractivity (Wildman–Crippen MR) is 71.0 cm³/mol. The van der Waals surface area contributed by atoms with Gasteiger partial charge in [0, 0.05) is 0 Å². The Morgan fingerprint density at radius 1 is 1.37 bits per heavy atom. The Kier molecular flexibility index (Phi) is 3.82. The van der Waals surface area contributed by atoms with Crippen LogP contribution in [0, 0.1) is 0 Å². The maximum Gasteiger partial charge on any atom is 0.332 e. The normalized spacial score (nSPS) is 10.6. The van der Waals surface area contributed by atoms with Gasteiger partial charge in [-0.25, -0.2) is 10.2 Å². The molecule has 0 saturated heterocycles. The van der Waals surface area contributed by atoms with E-state index in [1.165, 1.54) is 6.21 Å². The molecule has 0 aliphatic rings. The molecule has 19 heavy (non-hydrogen) atoms. The van der Waals surface area contributed by atoms with Crippen LogP contribution in [0.25, 0.3) is 11.3 Å². The standard InChI is InChI=1S/C13H13N3O3/c1-18-11-5-3-2-4-10(11)12-7-6-9(19-12)8-15-16-13(14)17/h2-8H,1H3,(H3,14,16,17). The number of rotatable bonds is 4. The van der Waals surface area contributed by atoms with Gasteiger partial charge in [0.05, 0.1) is 18.9 Å². The smallest absolute Gasteiger partial charge is 0.332 e. The molecule has 6 heteroatoms. The van der Waals surface area contributed by atoms with Gasteiger partial charge in [0.2, 0.25) is 0 Å². The topological polar surface area (TPSA) is 89.9 Å². The van der Waals surface area contributed by atoms with Crippen LogP contribution in [-0.2, 0) is 0 Å². The van der Waals surface area contributed by atoms with Gasteiger partial charge in [-0.2, -0.15) is 5.10 Å². The van der Waals surface area contributed by atoms with Gasteiger partial charge >= 0.3 is 6.03 Å². The van der Waals surface area contributed by atoms with Gasteiger partial charge in [-0.05, 0) is 24.3 Å². The van der Waals surface area contributed by atoms with Crippen LogP contribution in [0.3, 0.4) is 0 Å². The van der Waals surface area contributed by atoms with Crippen LogP contribution in [-0.4, -0.2) is 19.4 Å². The van der Waals surface area contributed by atoms with E-state index in [0.29, 0.717) is 11.5 Å². The zero-order valence-corrected chi connectivity index (χ0v) is 10.3. The van der Waals surface area contributed by atoms with Crippen molar-refractivity contribution in [1.29, 1.82) is 0 Å². The lowest BCUT2D eigenvalue weighted by Gasteiger charge is -2.04. The molecule has 2 rings (SSSR count).